The summed E-state index contributed by atoms with van der Waals surface area (Å²) in [7, 11) is 4.39. The Morgan fingerprint density at radius 1 is 0.367 bits per heavy atom. The quantitative estimate of drug-likeness (QED) is 0.0351. The molecule has 1 fully saturated rings. The number of primary sulfonamides is 4. The maximum absolute atomic E-state index is 11.4. The molecule has 0 amide bonds. The number of nitrogens with zero attached hydrogens (tertiary/aromatic N) is 6. The molecule has 8 aromatic carbocycles. The van der Waals surface area contributed by atoms with Crippen LogP contribution in [-0.4, -0.2) is 113 Å². The van der Waals surface area contributed by atoms with Gasteiger partial charge in [-0.2, -0.15) is 10.2 Å². The first-order valence-electron chi connectivity index (χ1n) is 34.8. The molecule has 19 N–H and O–H groups in total. The van der Waals surface area contributed by atoms with E-state index >= 15 is 0 Å². The van der Waals surface area contributed by atoms with Crippen LogP contribution in [0.15, 0.2) is 250 Å². The van der Waals surface area contributed by atoms with E-state index in [1.165, 1.54) is 67.8 Å². The van der Waals surface area contributed by atoms with E-state index in [0.29, 0.717) is 56.7 Å². The number of nitrogens with one attached hydrogen (secondary N) is 1. The number of aromatic nitrogens is 6. The van der Waals surface area contributed by atoms with E-state index in [4.69, 9.17) is 84.4 Å². The van der Waals surface area contributed by atoms with Crippen LogP contribution in [0, 0.1) is 27.7 Å². The number of sulfonamides is 4. The van der Waals surface area contributed by atoms with Crippen molar-refractivity contribution >= 4 is 102 Å². The Kier molecular flexibility index (Phi) is 41.0. The van der Waals surface area contributed by atoms with Gasteiger partial charge in [0.05, 0.1) is 90.8 Å². The van der Waals surface area contributed by atoms with E-state index < -0.39 is 96.9 Å². The van der Waals surface area contributed by atoms with Crippen LogP contribution in [0.3, 0.4) is 0 Å². The topological polar surface area (TPSA) is 560 Å². The third kappa shape index (κ3) is 31.9. The molecule has 1 aliphatic carbocycles. The van der Waals surface area contributed by atoms with Crippen LogP contribution < -0.4 is 20.6 Å². The number of rotatable bonds is 20. The number of aliphatic carboxylic acids is 4. The van der Waals surface area contributed by atoms with Crippen LogP contribution in [-0.2, 0) is 118 Å². The molecule has 12 aromatic rings. The minimum atomic E-state index is -3.79. The van der Waals surface area contributed by atoms with Crippen molar-refractivity contribution in [1.82, 2.24) is 28.7 Å². The van der Waals surface area contributed by atoms with E-state index in [1.807, 2.05) is 146 Å². The van der Waals surface area contributed by atoms with Gasteiger partial charge >= 0.3 is 94.5 Å². The fourth-order valence-electron chi connectivity index (χ4n) is 11.7. The fraction of sp³-hybridized carbons (Fsp3) is 0.175. The van der Waals surface area contributed by atoms with E-state index in [0.717, 1.165) is 68.7 Å². The normalized spacial score (nSPS) is 11.8. The van der Waals surface area contributed by atoms with Crippen molar-refractivity contribution in [3.63, 3.8) is 0 Å². The standard InChI is InChI=1S/2C19H18N2O4S.2C18H17N3O4S.C6H12N.4ClH.3H2N.2Pt/c2*1-13-2-4-15(5-3-13)18-10-14(11-19(22)23)12-21(18)16-6-8-17(9-7-16)26(20,24)25;2*1-12-2-4-13(5-3-12)17-10-14(11-18(22)23)20-21(17)15-6-8-16(9-7-15)26(19,24)25;7-6-4-2-1-3-5-6;;;;;;;;;/h2*2-10,12H,11H2,1H3,(H,22,23)(H2,20,24,25);2*2-10H,11H2,1H3,(H,22,23)(H2,19,24,25);6-7H,1-5H2;4*1H;3*1H2;;/q;;;;-1;;;;;3*-1;2*+4/p-4. The smallest absolute Gasteiger partial charge is 0.0534 e. The van der Waals surface area contributed by atoms with Gasteiger partial charge in [-0.05, 0) is 171 Å². The van der Waals surface area contributed by atoms with Crippen molar-refractivity contribution in [3.05, 3.63) is 300 Å². The molecule has 40 heteroatoms. The van der Waals surface area contributed by atoms with Crippen molar-refractivity contribution in [3.8, 4) is 67.8 Å². The molecule has 0 atom stereocenters. The van der Waals surface area contributed by atoms with Crippen LogP contribution in [0.25, 0.3) is 92.0 Å². The summed E-state index contributed by atoms with van der Waals surface area (Å²) < 4.78 is 98.3. The third-order valence-electron chi connectivity index (χ3n) is 17.3. The summed E-state index contributed by atoms with van der Waals surface area (Å²) in [4.78, 5) is 44.2. The second kappa shape index (κ2) is 47.7. The van der Waals surface area contributed by atoms with Crippen molar-refractivity contribution in [2.75, 3.05) is 0 Å². The number of halogens is 4. The van der Waals surface area contributed by atoms with E-state index in [9.17, 15) is 52.8 Å². The Bertz CT molecular complexity index is 5150. The van der Waals surface area contributed by atoms with E-state index in [2.05, 4.69) is 10.2 Å². The zero-order valence-corrected chi connectivity index (χ0v) is 75.4. The van der Waals surface area contributed by atoms with Crippen LogP contribution in [0.2, 0.25) is 0 Å². The molecule has 1 saturated carbocycles. The van der Waals surface area contributed by atoms with Crippen LogP contribution >= 0.6 is 37.7 Å². The summed E-state index contributed by atoms with van der Waals surface area (Å²) in [5.41, 5.74) is 23.1. The summed E-state index contributed by atoms with van der Waals surface area (Å²) in [5, 5.41) is 65.5. The van der Waals surface area contributed by atoms with Crippen LogP contribution in [0.5, 0.6) is 0 Å². The van der Waals surface area contributed by atoms with Crippen molar-refractivity contribution in [2.45, 2.75) is 111 Å². The molecule has 4 heterocycles. The summed E-state index contributed by atoms with van der Waals surface area (Å²) >= 11 is -0.944. The Hall–Kier alpha value is -9.36. The van der Waals surface area contributed by atoms with E-state index in [1.54, 1.807) is 82.4 Å². The van der Waals surface area contributed by atoms with Crippen molar-refractivity contribution in [1.29, 1.82) is 0 Å². The molecule has 0 saturated heterocycles. The number of hydrogen-bond donors (Lipinski definition) is 8. The van der Waals surface area contributed by atoms with Crippen molar-refractivity contribution < 1.29 is 106 Å². The van der Waals surface area contributed by atoms with Crippen LogP contribution in [0.1, 0.15) is 76.9 Å². The Morgan fingerprint density at radius 2 is 0.592 bits per heavy atom. The van der Waals surface area contributed by atoms with Gasteiger partial charge in [-0.3, -0.25) is 19.2 Å². The third-order valence-corrected chi connectivity index (χ3v) is 21.1. The monoisotopic (exact) mass is 2160 g/mol. The first-order chi connectivity index (χ1) is 55.2. The Morgan fingerprint density at radius 3 is 0.800 bits per heavy atom. The second-order valence-electron chi connectivity index (χ2n) is 26.4. The first kappa shape index (κ1) is 103. The zero-order chi connectivity index (χ0) is 86.1. The van der Waals surface area contributed by atoms with Crippen LogP contribution in [0.4, 0.5) is 0 Å². The molecule has 646 valence electrons. The molecule has 0 spiro atoms. The predicted octanol–water partition coefficient (Wildman–Crippen LogP) is 17.0. The number of carbonyl (C=O) groups is 4. The fourth-order valence-corrected chi connectivity index (χ4v) is 13.8. The number of hydrogen-bond acceptors (Lipinski definition) is 14. The molecule has 0 unspecified atom stereocenters. The van der Waals surface area contributed by atoms with Gasteiger partial charge < -0.3 is 53.7 Å². The summed E-state index contributed by atoms with van der Waals surface area (Å²) in [6, 6.07) is 62.8. The van der Waals surface area contributed by atoms with Gasteiger partial charge in [0.15, 0.2) is 0 Å². The molecular formula is C80H88Cl4N14O16Pt2S4. The van der Waals surface area contributed by atoms with Crippen molar-refractivity contribution in [2.24, 2.45) is 20.6 Å². The molecule has 0 radical (unpaired) electrons. The number of nitrogens with two attached hydrogens (primary N) is 7. The van der Waals surface area contributed by atoms with Gasteiger partial charge in [-0.25, -0.2) is 63.6 Å². The Balaban J connectivity index is 0.000000317. The maximum Gasteiger partial charge on any atom is -0.0534 e. The molecule has 1 aliphatic rings. The average molecular weight is 2160 g/mol. The summed E-state index contributed by atoms with van der Waals surface area (Å²) in [5.74, 6) is -3.78. The van der Waals surface area contributed by atoms with Gasteiger partial charge in [0.2, 0.25) is 40.1 Å². The summed E-state index contributed by atoms with van der Waals surface area (Å²) in [6.45, 7) is 7.93. The molecule has 0 bridgehead atoms. The Labute approximate surface area is 729 Å². The second-order valence-corrected chi connectivity index (χ2v) is 39.2. The molecule has 0 aliphatic heterocycles. The number of aryl methyl sites for hydroxylation is 4. The van der Waals surface area contributed by atoms with Gasteiger partial charge in [-0.1, -0.05) is 151 Å². The average Bonchev–Trinajstić information content (AvgIpc) is 1.66. The van der Waals surface area contributed by atoms with Gasteiger partial charge in [0, 0.05) is 34.9 Å². The maximum atomic E-state index is 11.4. The predicted molar refractivity (Wildman–Crippen MR) is 461 cm³/mol. The van der Waals surface area contributed by atoms with Gasteiger partial charge in [0.1, 0.15) is 0 Å². The van der Waals surface area contributed by atoms with E-state index in [-0.39, 0.29) is 69.8 Å². The molecule has 13 rings (SSSR count). The van der Waals surface area contributed by atoms with Gasteiger partial charge in [0.25, 0.3) is 0 Å². The minimum absolute atomic E-state index is 0. The minimum Gasteiger partial charge on any atom is -0.693 e. The molecular weight excluding hydrogens is 2070 g/mol. The van der Waals surface area contributed by atoms with Gasteiger partial charge in [-0.15, -0.1) is 6.04 Å². The first-order valence-corrected chi connectivity index (χ1v) is 52.3. The molecule has 30 nitrogen and oxygen atoms in total. The SMILES string of the molecule is Cc1ccc(-c2cc(CC(=O)O)cn2-c2ccc(S(N)(=O)=O)cc2)cc1.Cc1ccc(-c2cc(CC(=O)O)cn2-c2ccc(S(N)(=O)=O)cc2)cc1.Cc1ccc(-c2cc(CC(=O)O)nn2-c2ccc(S(N)(=O)=O)cc2)cc1.Cc1ccc(-c2cc(CC(=O)O)nn2-c2ccc(S(N)(=O)=O)cc2)cc1.[Cl][Pt+2][Cl].[Cl][Pt+2][Cl].[NH-]C1CCCCC1.[NH2-].[NH2-].[NH2-]. The molecule has 120 heavy (non-hydrogen) atoms. The summed E-state index contributed by atoms with van der Waals surface area (Å²) in [6.07, 6.45) is 9.16. The number of benzene rings is 8. The number of carboxylic acids is 4. The molecule has 4 aromatic heterocycles. The largest absolute Gasteiger partial charge is 0.693 e. The number of carboxylic acid groups (broad SMARTS) is 4. The zero-order valence-electron chi connectivity index (χ0n) is 64.6.